The summed E-state index contributed by atoms with van der Waals surface area (Å²) in [5, 5.41) is 3.77. The van der Waals surface area contributed by atoms with E-state index < -0.39 is 0 Å². The quantitative estimate of drug-likeness (QED) is 0.657. The van der Waals surface area contributed by atoms with Crippen molar-refractivity contribution in [3.8, 4) is 0 Å². The van der Waals surface area contributed by atoms with Crippen molar-refractivity contribution in [1.82, 2.24) is 14.9 Å². The van der Waals surface area contributed by atoms with Crippen LogP contribution >= 0.6 is 0 Å². The number of fused-ring (bicyclic) bond motifs is 1. The largest absolute Gasteiger partial charge is 0.324 e. The summed E-state index contributed by atoms with van der Waals surface area (Å²) >= 11 is 0. The molecule has 24 heavy (non-hydrogen) atoms. The lowest BCUT2D eigenvalue weighted by Crippen LogP contribution is -2.27. The molecule has 0 amide bonds. The predicted molar refractivity (Wildman–Crippen MR) is 101 cm³/mol. The minimum Gasteiger partial charge on any atom is -0.324 e. The summed E-state index contributed by atoms with van der Waals surface area (Å²) in [7, 11) is 0. The van der Waals surface area contributed by atoms with Gasteiger partial charge in [0.15, 0.2) is 0 Å². The molecule has 0 fully saturated rings. The van der Waals surface area contributed by atoms with Crippen LogP contribution in [0.2, 0.25) is 0 Å². The van der Waals surface area contributed by atoms with Crippen LogP contribution < -0.4 is 5.32 Å². The van der Waals surface area contributed by atoms with E-state index in [2.05, 4.69) is 92.2 Å². The Labute approximate surface area is 144 Å². The van der Waals surface area contributed by atoms with E-state index in [4.69, 9.17) is 4.98 Å². The van der Waals surface area contributed by atoms with Crippen molar-refractivity contribution in [2.75, 3.05) is 0 Å². The van der Waals surface area contributed by atoms with Crippen LogP contribution in [0, 0.1) is 0 Å². The van der Waals surface area contributed by atoms with Gasteiger partial charge < -0.3 is 9.88 Å². The maximum Gasteiger partial charge on any atom is 0.127 e. The van der Waals surface area contributed by atoms with E-state index in [1.165, 1.54) is 11.1 Å². The van der Waals surface area contributed by atoms with Crippen LogP contribution in [0.25, 0.3) is 11.0 Å². The first-order chi connectivity index (χ1) is 11.6. The average molecular weight is 321 g/mol. The maximum atomic E-state index is 4.92. The Kier molecular flexibility index (Phi) is 5.00. The number of hydrogen-bond donors (Lipinski definition) is 1. The summed E-state index contributed by atoms with van der Waals surface area (Å²) in [6.07, 6.45) is 1.05. The second-order valence-corrected chi connectivity index (χ2v) is 6.68. The molecule has 126 valence electrons. The molecule has 2 unspecified atom stereocenters. The zero-order valence-electron chi connectivity index (χ0n) is 15.0. The molecular formula is C21H27N3. The summed E-state index contributed by atoms with van der Waals surface area (Å²) in [6.45, 7) is 8.88. The van der Waals surface area contributed by atoms with E-state index in [1.54, 1.807) is 0 Å². The van der Waals surface area contributed by atoms with Gasteiger partial charge in [-0.25, -0.2) is 4.98 Å². The molecule has 3 rings (SSSR count). The van der Waals surface area contributed by atoms with Gasteiger partial charge in [-0.05, 0) is 44.9 Å². The van der Waals surface area contributed by atoms with E-state index in [9.17, 15) is 0 Å². The van der Waals surface area contributed by atoms with E-state index in [0.29, 0.717) is 12.1 Å². The van der Waals surface area contributed by atoms with Gasteiger partial charge in [0.1, 0.15) is 5.82 Å². The zero-order valence-corrected chi connectivity index (χ0v) is 15.0. The second-order valence-electron chi connectivity index (χ2n) is 6.68. The number of imidazole rings is 1. The second kappa shape index (κ2) is 7.18. The van der Waals surface area contributed by atoms with Crippen LogP contribution in [0.4, 0.5) is 0 Å². The number of rotatable bonds is 6. The summed E-state index contributed by atoms with van der Waals surface area (Å²) in [5.74, 6) is 1.11. The van der Waals surface area contributed by atoms with Gasteiger partial charge in [0.05, 0.1) is 17.1 Å². The van der Waals surface area contributed by atoms with Gasteiger partial charge in [0.25, 0.3) is 0 Å². The topological polar surface area (TPSA) is 29.9 Å². The van der Waals surface area contributed by atoms with Crippen molar-refractivity contribution >= 4 is 11.0 Å². The SMILES string of the molecule is CCC(NC(C)c1nc2ccccc2n1C(C)C)c1ccccc1. The molecule has 1 heterocycles. The summed E-state index contributed by atoms with van der Waals surface area (Å²) in [6, 6.07) is 20.0. The normalized spacial score (nSPS) is 14.2. The molecular weight excluding hydrogens is 294 g/mol. The molecule has 0 radical (unpaired) electrons. The highest BCUT2D eigenvalue weighted by Gasteiger charge is 2.21. The molecule has 1 N–H and O–H groups in total. The molecule has 0 aliphatic carbocycles. The lowest BCUT2D eigenvalue weighted by Gasteiger charge is -2.24. The van der Waals surface area contributed by atoms with Gasteiger partial charge in [0.2, 0.25) is 0 Å². The maximum absolute atomic E-state index is 4.92. The molecule has 1 aromatic heterocycles. The predicted octanol–water partition coefficient (Wildman–Crippen LogP) is 5.42. The highest BCUT2D eigenvalue weighted by atomic mass is 15.1. The standard InChI is InChI=1S/C21H27N3/c1-5-18(17-11-7-6-8-12-17)22-16(4)21-23-19-13-9-10-14-20(19)24(21)15(2)3/h6-16,18,22H,5H2,1-4H3. The van der Waals surface area contributed by atoms with Crippen molar-refractivity contribution < 1.29 is 0 Å². The van der Waals surface area contributed by atoms with Crippen molar-refractivity contribution in [2.45, 2.75) is 52.2 Å². The molecule has 0 aliphatic rings. The number of nitrogens with zero attached hydrogens (tertiary/aromatic N) is 2. The molecule has 2 atom stereocenters. The number of para-hydroxylation sites is 2. The third-order valence-corrected chi connectivity index (χ3v) is 4.59. The Morgan fingerprint density at radius 2 is 1.62 bits per heavy atom. The number of hydrogen-bond acceptors (Lipinski definition) is 2. The van der Waals surface area contributed by atoms with Crippen molar-refractivity contribution in [1.29, 1.82) is 0 Å². The fraction of sp³-hybridized carbons (Fsp3) is 0.381. The van der Waals surface area contributed by atoms with Crippen LogP contribution in [0.5, 0.6) is 0 Å². The Balaban J connectivity index is 1.93. The highest BCUT2D eigenvalue weighted by molar-refractivity contribution is 5.76. The monoisotopic (exact) mass is 321 g/mol. The third-order valence-electron chi connectivity index (χ3n) is 4.59. The smallest absolute Gasteiger partial charge is 0.127 e. The van der Waals surface area contributed by atoms with Gasteiger partial charge >= 0.3 is 0 Å². The molecule has 2 aromatic carbocycles. The van der Waals surface area contributed by atoms with Crippen LogP contribution in [0.15, 0.2) is 54.6 Å². The summed E-state index contributed by atoms with van der Waals surface area (Å²) in [5.41, 5.74) is 3.62. The Hall–Kier alpha value is -2.13. The first-order valence-electron chi connectivity index (χ1n) is 8.89. The molecule has 0 aliphatic heterocycles. The fourth-order valence-corrected chi connectivity index (χ4v) is 3.42. The third kappa shape index (κ3) is 3.22. The van der Waals surface area contributed by atoms with Gasteiger partial charge in [-0.3, -0.25) is 0 Å². The van der Waals surface area contributed by atoms with Crippen LogP contribution in [0.1, 0.15) is 63.6 Å². The lowest BCUT2D eigenvalue weighted by molar-refractivity contribution is 0.423. The number of nitrogens with one attached hydrogen (secondary N) is 1. The average Bonchev–Trinajstić information content (AvgIpc) is 3.00. The van der Waals surface area contributed by atoms with Crippen molar-refractivity contribution in [3.63, 3.8) is 0 Å². The zero-order chi connectivity index (χ0) is 17.1. The molecule has 0 saturated carbocycles. The minimum atomic E-state index is 0.185. The van der Waals surface area contributed by atoms with E-state index in [1.807, 2.05) is 0 Å². The molecule has 3 nitrogen and oxygen atoms in total. The highest BCUT2D eigenvalue weighted by Crippen LogP contribution is 2.27. The Bertz CT molecular complexity index is 789. The number of aromatic nitrogens is 2. The molecule has 3 aromatic rings. The fourth-order valence-electron chi connectivity index (χ4n) is 3.42. The summed E-state index contributed by atoms with van der Waals surface area (Å²) < 4.78 is 2.35. The van der Waals surface area contributed by atoms with E-state index in [0.717, 1.165) is 17.8 Å². The van der Waals surface area contributed by atoms with Crippen molar-refractivity contribution in [3.05, 3.63) is 66.0 Å². The Morgan fingerprint density at radius 3 is 2.29 bits per heavy atom. The molecule has 0 saturated heterocycles. The molecule has 0 bridgehead atoms. The van der Waals surface area contributed by atoms with Crippen LogP contribution in [-0.2, 0) is 0 Å². The molecule has 0 spiro atoms. The first kappa shape index (κ1) is 16.7. The van der Waals surface area contributed by atoms with Crippen LogP contribution in [0.3, 0.4) is 0 Å². The summed E-state index contributed by atoms with van der Waals surface area (Å²) in [4.78, 5) is 4.92. The van der Waals surface area contributed by atoms with Gasteiger partial charge in [0, 0.05) is 12.1 Å². The van der Waals surface area contributed by atoms with E-state index >= 15 is 0 Å². The Morgan fingerprint density at radius 1 is 0.958 bits per heavy atom. The number of benzene rings is 2. The van der Waals surface area contributed by atoms with E-state index in [-0.39, 0.29) is 6.04 Å². The minimum absolute atomic E-state index is 0.185. The van der Waals surface area contributed by atoms with Gasteiger partial charge in [-0.1, -0.05) is 49.4 Å². The first-order valence-corrected chi connectivity index (χ1v) is 8.89. The van der Waals surface area contributed by atoms with Gasteiger partial charge in [-0.15, -0.1) is 0 Å². The lowest BCUT2D eigenvalue weighted by atomic mass is 10.0. The van der Waals surface area contributed by atoms with Crippen LogP contribution in [-0.4, -0.2) is 9.55 Å². The van der Waals surface area contributed by atoms with Crippen molar-refractivity contribution in [2.24, 2.45) is 0 Å². The van der Waals surface area contributed by atoms with Gasteiger partial charge in [-0.2, -0.15) is 0 Å². The molecule has 3 heteroatoms.